The molecule has 1 heterocycles. The number of rotatable bonds is 4. The average Bonchev–Trinajstić information content (AvgIpc) is 2.61. The molecule has 1 aromatic carbocycles. The Morgan fingerprint density at radius 2 is 1.80 bits per heavy atom. The number of halogens is 1. The van der Waals surface area contributed by atoms with Crippen molar-refractivity contribution in [2.24, 2.45) is 0 Å². The van der Waals surface area contributed by atoms with Gasteiger partial charge < -0.3 is 10.2 Å². The van der Waals surface area contributed by atoms with Gasteiger partial charge in [-0.3, -0.25) is 19.8 Å². The van der Waals surface area contributed by atoms with Crippen LogP contribution in [0.25, 0.3) is 0 Å². The summed E-state index contributed by atoms with van der Waals surface area (Å²) in [6, 6.07) is 4.88. The smallest absolute Gasteiger partial charge is 0.321 e. The standard InChI is InChI=1S/C17H23FN4O3/c1-3-19-17(25)20-15(23)12(2)21-8-10-22(11-9-21)16(24)13-6-4-5-7-14(13)18/h4-7,12H,3,8-11H2,1-2H3,(H2,19,20,23,25)/t12-/m1/s1. The molecule has 25 heavy (non-hydrogen) atoms. The highest BCUT2D eigenvalue weighted by Crippen LogP contribution is 2.13. The number of urea groups is 1. The molecule has 1 atom stereocenters. The molecule has 136 valence electrons. The number of carbonyl (C=O) groups excluding carboxylic acids is 3. The first-order chi connectivity index (χ1) is 11.9. The fourth-order valence-corrected chi connectivity index (χ4v) is 2.70. The lowest BCUT2D eigenvalue weighted by atomic mass is 10.1. The van der Waals surface area contributed by atoms with Crippen LogP contribution in [0.5, 0.6) is 0 Å². The number of hydrogen-bond donors (Lipinski definition) is 2. The van der Waals surface area contributed by atoms with Gasteiger partial charge in [0.15, 0.2) is 0 Å². The van der Waals surface area contributed by atoms with E-state index in [1.807, 2.05) is 4.90 Å². The predicted molar refractivity (Wildman–Crippen MR) is 90.6 cm³/mol. The van der Waals surface area contributed by atoms with E-state index >= 15 is 0 Å². The van der Waals surface area contributed by atoms with Crippen molar-refractivity contribution in [1.29, 1.82) is 0 Å². The third kappa shape index (κ3) is 4.76. The molecule has 0 unspecified atom stereocenters. The maximum Gasteiger partial charge on any atom is 0.321 e. The first-order valence-corrected chi connectivity index (χ1v) is 8.30. The minimum atomic E-state index is -0.537. The highest BCUT2D eigenvalue weighted by Gasteiger charge is 2.29. The monoisotopic (exact) mass is 350 g/mol. The van der Waals surface area contributed by atoms with Gasteiger partial charge in [0.25, 0.3) is 5.91 Å². The van der Waals surface area contributed by atoms with Gasteiger partial charge in [0.1, 0.15) is 5.82 Å². The molecular weight excluding hydrogens is 327 g/mol. The Hall–Kier alpha value is -2.48. The van der Waals surface area contributed by atoms with Crippen LogP contribution in [0.1, 0.15) is 24.2 Å². The fraction of sp³-hybridized carbons (Fsp3) is 0.471. The summed E-state index contributed by atoms with van der Waals surface area (Å²) in [5.41, 5.74) is 0.0537. The summed E-state index contributed by atoms with van der Waals surface area (Å²) in [6.07, 6.45) is 0. The highest BCUT2D eigenvalue weighted by atomic mass is 19.1. The second-order valence-corrected chi connectivity index (χ2v) is 5.83. The lowest BCUT2D eigenvalue weighted by Gasteiger charge is -2.37. The van der Waals surface area contributed by atoms with Crippen molar-refractivity contribution < 1.29 is 18.8 Å². The van der Waals surface area contributed by atoms with Crippen LogP contribution in [0.2, 0.25) is 0 Å². The van der Waals surface area contributed by atoms with Crippen LogP contribution in [0.3, 0.4) is 0 Å². The van der Waals surface area contributed by atoms with Gasteiger partial charge in [0.05, 0.1) is 11.6 Å². The Kier molecular flexibility index (Phi) is 6.46. The number of carbonyl (C=O) groups is 3. The number of hydrogen-bond acceptors (Lipinski definition) is 4. The Morgan fingerprint density at radius 1 is 1.16 bits per heavy atom. The maximum absolute atomic E-state index is 13.7. The van der Waals surface area contributed by atoms with E-state index in [2.05, 4.69) is 10.6 Å². The van der Waals surface area contributed by atoms with Crippen LogP contribution in [0.4, 0.5) is 9.18 Å². The molecule has 2 N–H and O–H groups in total. The maximum atomic E-state index is 13.7. The molecule has 1 aromatic rings. The molecule has 4 amide bonds. The van der Waals surface area contributed by atoms with Crippen molar-refractivity contribution in [3.05, 3.63) is 35.6 Å². The molecule has 0 aromatic heterocycles. The second-order valence-electron chi connectivity index (χ2n) is 5.83. The van der Waals surface area contributed by atoms with Crippen molar-refractivity contribution in [1.82, 2.24) is 20.4 Å². The average molecular weight is 350 g/mol. The summed E-state index contributed by atoms with van der Waals surface area (Å²) < 4.78 is 13.7. The van der Waals surface area contributed by atoms with Crippen LogP contribution >= 0.6 is 0 Å². The number of imide groups is 1. The number of nitrogens with zero attached hydrogens (tertiary/aromatic N) is 2. The summed E-state index contributed by atoms with van der Waals surface area (Å²) in [5, 5.41) is 4.79. The Balaban J connectivity index is 1.88. The molecule has 0 bridgehead atoms. The molecule has 1 saturated heterocycles. The number of amides is 4. The number of nitrogens with one attached hydrogen (secondary N) is 2. The van der Waals surface area contributed by atoms with Crippen LogP contribution in [0, 0.1) is 5.82 Å². The fourth-order valence-electron chi connectivity index (χ4n) is 2.70. The molecule has 7 nitrogen and oxygen atoms in total. The van der Waals surface area contributed by atoms with E-state index in [4.69, 9.17) is 0 Å². The van der Waals surface area contributed by atoms with E-state index in [1.165, 1.54) is 12.1 Å². The molecule has 8 heteroatoms. The quantitative estimate of drug-likeness (QED) is 0.842. The lowest BCUT2D eigenvalue weighted by Crippen LogP contribution is -2.56. The zero-order chi connectivity index (χ0) is 18.4. The summed E-state index contributed by atoms with van der Waals surface area (Å²) in [7, 11) is 0. The first kappa shape index (κ1) is 18.9. The van der Waals surface area contributed by atoms with E-state index in [9.17, 15) is 18.8 Å². The topological polar surface area (TPSA) is 81.8 Å². The molecule has 0 spiro atoms. The Morgan fingerprint density at radius 3 is 2.40 bits per heavy atom. The van der Waals surface area contributed by atoms with E-state index in [1.54, 1.807) is 30.9 Å². The summed E-state index contributed by atoms with van der Waals surface area (Å²) >= 11 is 0. The molecule has 0 aliphatic carbocycles. The van der Waals surface area contributed by atoms with Gasteiger partial charge in [0, 0.05) is 32.7 Å². The van der Waals surface area contributed by atoms with Crippen molar-refractivity contribution in [2.75, 3.05) is 32.7 Å². The molecule has 0 saturated carbocycles. The largest absolute Gasteiger partial charge is 0.338 e. The normalized spacial score (nSPS) is 16.2. The minimum Gasteiger partial charge on any atom is -0.338 e. The molecule has 2 rings (SSSR count). The van der Waals surface area contributed by atoms with Gasteiger partial charge >= 0.3 is 6.03 Å². The Bertz CT molecular complexity index is 645. The molecule has 1 fully saturated rings. The molecule has 1 aliphatic rings. The summed E-state index contributed by atoms with van der Waals surface area (Å²) in [5.74, 6) is -1.28. The van der Waals surface area contributed by atoms with Crippen LogP contribution < -0.4 is 10.6 Å². The van der Waals surface area contributed by atoms with E-state index in [-0.39, 0.29) is 17.4 Å². The third-order valence-electron chi connectivity index (χ3n) is 4.21. The van der Waals surface area contributed by atoms with Crippen molar-refractivity contribution in [2.45, 2.75) is 19.9 Å². The van der Waals surface area contributed by atoms with Crippen molar-refractivity contribution >= 4 is 17.8 Å². The summed E-state index contributed by atoms with van der Waals surface area (Å²) in [4.78, 5) is 39.3. The summed E-state index contributed by atoms with van der Waals surface area (Å²) in [6.45, 7) is 5.65. The van der Waals surface area contributed by atoms with Gasteiger partial charge in [-0.25, -0.2) is 9.18 Å². The van der Waals surface area contributed by atoms with Crippen molar-refractivity contribution in [3.8, 4) is 0 Å². The zero-order valence-corrected chi connectivity index (χ0v) is 14.4. The van der Waals surface area contributed by atoms with Gasteiger partial charge in [-0.05, 0) is 26.0 Å². The highest BCUT2D eigenvalue weighted by molar-refractivity contribution is 5.97. The van der Waals surface area contributed by atoms with E-state index in [0.29, 0.717) is 32.7 Å². The van der Waals surface area contributed by atoms with Crippen LogP contribution in [-0.2, 0) is 4.79 Å². The lowest BCUT2D eigenvalue weighted by molar-refractivity contribution is -0.125. The molecular formula is C17H23FN4O3. The third-order valence-corrected chi connectivity index (χ3v) is 4.21. The Labute approximate surface area is 146 Å². The number of piperazine rings is 1. The van der Waals surface area contributed by atoms with E-state index in [0.717, 1.165) is 0 Å². The predicted octanol–water partition coefficient (Wildman–Crippen LogP) is 0.818. The van der Waals surface area contributed by atoms with Gasteiger partial charge in [0.2, 0.25) is 5.91 Å². The van der Waals surface area contributed by atoms with E-state index < -0.39 is 17.9 Å². The first-order valence-electron chi connectivity index (χ1n) is 8.30. The molecule has 1 aliphatic heterocycles. The molecule has 0 radical (unpaired) electrons. The van der Waals surface area contributed by atoms with Crippen LogP contribution in [0.15, 0.2) is 24.3 Å². The second kappa shape index (κ2) is 8.57. The van der Waals surface area contributed by atoms with Crippen molar-refractivity contribution in [3.63, 3.8) is 0 Å². The number of benzene rings is 1. The van der Waals surface area contributed by atoms with Gasteiger partial charge in [-0.2, -0.15) is 0 Å². The SMILES string of the molecule is CCNC(=O)NC(=O)[C@@H](C)N1CCN(C(=O)c2ccccc2F)CC1. The van der Waals surface area contributed by atoms with Crippen LogP contribution in [-0.4, -0.2) is 66.4 Å². The van der Waals surface area contributed by atoms with Gasteiger partial charge in [-0.15, -0.1) is 0 Å². The minimum absolute atomic E-state index is 0.0537. The van der Waals surface area contributed by atoms with Gasteiger partial charge in [-0.1, -0.05) is 12.1 Å². The zero-order valence-electron chi connectivity index (χ0n) is 14.4.